The Morgan fingerprint density at radius 3 is 2.92 bits per heavy atom. The number of aromatic nitrogens is 4. The monoisotopic (exact) mass is 378 g/mol. The summed E-state index contributed by atoms with van der Waals surface area (Å²) < 4.78 is 14.4. The Balaban J connectivity index is 1.63. The summed E-state index contributed by atoms with van der Waals surface area (Å²) in [5.41, 5.74) is 1.12. The van der Waals surface area contributed by atoms with Crippen LogP contribution in [0.1, 0.15) is 0 Å². The van der Waals surface area contributed by atoms with Crippen molar-refractivity contribution in [3.63, 3.8) is 0 Å². The number of thioether (sulfide) groups is 1. The summed E-state index contributed by atoms with van der Waals surface area (Å²) in [6.45, 7) is 0. The third kappa shape index (κ3) is 4.06. The maximum atomic E-state index is 13.1. The number of nitrogens with two attached hydrogens (primary N) is 1. The molecule has 1 amide bonds. The van der Waals surface area contributed by atoms with Gasteiger partial charge in [0.15, 0.2) is 5.82 Å². The van der Waals surface area contributed by atoms with E-state index in [1.54, 1.807) is 24.5 Å². The predicted octanol–water partition coefficient (Wildman–Crippen LogP) is 2.58. The Hall–Kier alpha value is -2.65. The molecule has 0 spiro atoms. The van der Waals surface area contributed by atoms with E-state index in [0.717, 1.165) is 17.3 Å². The van der Waals surface area contributed by atoms with Crippen molar-refractivity contribution >= 4 is 35.0 Å². The summed E-state index contributed by atoms with van der Waals surface area (Å²) in [4.78, 5) is 16.0. The fourth-order valence-corrected chi connectivity index (χ4v) is 2.81. The van der Waals surface area contributed by atoms with Crippen LogP contribution in [-0.4, -0.2) is 31.5 Å². The van der Waals surface area contributed by atoms with Gasteiger partial charge in [-0.15, -0.1) is 10.2 Å². The molecule has 3 rings (SSSR count). The van der Waals surface area contributed by atoms with Crippen LogP contribution in [0.2, 0.25) is 5.02 Å². The number of hydrogen-bond acceptors (Lipinski definition) is 6. The van der Waals surface area contributed by atoms with Crippen molar-refractivity contribution in [1.29, 1.82) is 0 Å². The normalized spacial score (nSPS) is 10.6. The average Bonchev–Trinajstić information content (AvgIpc) is 2.98. The van der Waals surface area contributed by atoms with Crippen LogP contribution in [0.5, 0.6) is 0 Å². The highest BCUT2D eigenvalue weighted by Gasteiger charge is 2.14. The van der Waals surface area contributed by atoms with Crippen molar-refractivity contribution in [3.8, 4) is 11.4 Å². The molecule has 3 aromatic rings. The molecule has 7 nitrogen and oxygen atoms in total. The lowest BCUT2D eigenvalue weighted by Crippen LogP contribution is -2.16. The summed E-state index contributed by atoms with van der Waals surface area (Å²) >= 11 is 6.80. The lowest BCUT2D eigenvalue weighted by Gasteiger charge is -2.06. The molecule has 0 unspecified atom stereocenters. The van der Waals surface area contributed by atoms with E-state index in [1.165, 1.54) is 22.9 Å². The van der Waals surface area contributed by atoms with Crippen molar-refractivity contribution in [2.75, 3.05) is 16.9 Å². The van der Waals surface area contributed by atoms with Gasteiger partial charge in [0.05, 0.1) is 10.8 Å². The second kappa shape index (κ2) is 7.49. The topological polar surface area (TPSA) is 98.7 Å². The molecule has 3 N–H and O–H groups in total. The first-order valence-corrected chi connectivity index (χ1v) is 8.39. The van der Waals surface area contributed by atoms with Crippen molar-refractivity contribution < 1.29 is 9.18 Å². The minimum atomic E-state index is -0.548. The van der Waals surface area contributed by atoms with E-state index < -0.39 is 5.82 Å². The minimum absolute atomic E-state index is 0.0529. The molecule has 0 radical (unpaired) electrons. The molecular formula is C15H12ClFN6OS. The van der Waals surface area contributed by atoms with E-state index >= 15 is 0 Å². The summed E-state index contributed by atoms with van der Waals surface area (Å²) in [5.74, 6) is 5.61. The molecule has 0 atom stereocenters. The molecule has 2 aromatic heterocycles. The lowest BCUT2D eigenvalue weighted by molar-refractivity contribution is -0.113. The van der Waals surface area contributed by atoms with Gasteiger partial charge in [0.1, 0.15) is 5.82 Å². The number of nitrogens with zero attached hydrogens (tertiary/aromatic N) is 4. The number of benzene rings is 1. The van der Waals surface area contributed by atoms with Crippen LogP contribution in [0.15, 0.2) is 47.9 Å². The highest BCUT2D eigenvalue weighted by atomic mass is 35.5. The number of anilines is 1. The van der Waals surface area contributed by atoms with Crippen molar-refractivity contribution in [2.45, 2.75) is 5.16 Å². The van der Waals surface area contributed by atoms with E-state index in [2.05, 4.69) is 20.5 Å². The van der Waals surface area contributed by atoms with E-state index in [9.17, 15) is 9.18 Å². The second-order valence-corrected chi connectivity index (χ2v) is 6.23. The molecule has 0 aliphatic rings. The van der Waals surface area contributed by atoms with Gasteiger partial charge in [0.2, 0.25) is 11.1 Å². The first-order chi connectivity index (χ1) is 12.0. The predicted molar refractivity (Wildman–Crippen MR) is 94.2 cm³/mol. The molecule has 0 fully saturated rings. The molecule has 128 valence electrons. The first-order valence-electron chi connectivity index (χ1n) is 7.03. The number of carbonyl (C=O) groups excluding carboxylic acids is 1. The minimum Gasteiger partial charge on any atom is -0.335 e. The van der Waals surface area contributed by atoms with E-state index in [-0.39, 0.29) is 16.7 Å². The van der Waals surface area contributed by atoms with Gasteiger partial charge in [0, 0.05) is 23.6 Å². The number of hydrogen-bond donors (Lipinski definition) is 2. The van der Waals surface area contributed by atoms with Gasteiger partial charge >= 0.3 is 0 Å². The summed E-state index contributed by atoms with van der Waals surface area (Å²) in [6.07, 6.45) is 3.26. The molecule has 2 heterocycles. The average molecular weight is 379 g/mol. The van der Waals surface area contributed by atoms with Gasteiger partial charge in [-0.1, -0.05) is 23.4 Å². The fourth-order valence-electron chi connectivity index (χ4n) is 1.97. The molecule has 10 heteroatoms. The van der Waals surface area contributed by atoms with Crippen LogP contribution in [0, 0.1) is 5.82 Å². The van der Waals surface area contributed by atoms with Crippen LogP contribution >= 0.6 is 23.4 Å². The molecule has 0 saturated heterocycles. The number of rotatable bonds is 5. The van der Waals surface area contributed by atoms with E-state index in [1.807, 2.05) is 0 Å². The zero-order valence-electron chi connectivity index (χ0n) is 12.7. The molecule has 0 aliphatic heterocycles. The first kappa shape index (κ1) is 17.2. The van der Waals surface area contributed by atoms with Gasteiger partial charge < -0.3 is 11.2 Å². The Morgan fingerprint density at radius 2 is 2.20 bits per heavy atom. The highest BCUT2D eigenvalue weighted by Crippen LogP contribution is 2.22. The molecular weight excluding hydrogens is 367 g/mol. The zero-order valence-corrected chi connectivity index (χ0v) is 14.3. The zero-order chi connectivity index (χ0) is 17.8. The maximum Gasteiger partial charge on any atom is 0.234 e. The Labute approximate surface area is 151 Å². The van der Waals surface area contributed by atoms with E-state index in [0.29, 0.717) is 16.7 Å². The lowest BCUT2D eigenvalue weighted by atomic mass is 10.3. The number of pyridine rings is 1. The summed E-state index contributed by atoms with van der Waals surface area (Å²) in [6, 6.07) is 7.51. The van der Waals surface area contributed by atoms with Crippen LogP contribution in [0.3, 0.4) is 0 Å². The van der Waals surface area contributed by atoms with E-state index in [4.69, 9.17) is 17.4 Å². The molecule has 0 aliphatic carbocycles. The van der Waals surface area contributed by atoms with Crippen molar-refractivity contribution in [2.24, 2.45) is 0 Å². The summed E-state index contributed by atoms with van der Waals surface area (Å²) in [5, 5.41) is 10.9. The van der Waals surface area contributed by atoms with Gasteiger partial charge in [-0.3, -0.25) is 9.78 Å². The van der Waals surface area contributed by atoms with Crippen molar-refractivity contribution in [3.05, 3.63) is 53.6 Å². The third-order valence-electron chi connectivity index (χ3n) is 3.12. The number of nitrogens with one attached hydrogen (secondary N) is 1. The van der Waals surface area contributed by atoms with Gasteiger partial charge in [0.25, 0.3) is 0 Å². The molecule has 25 heavy (non-hydrogen) atoms. The van der Waals surface area contributed by atoms with Crippen LogP contribution < -0.4 is 11.2 Å². The third-order valence-corrected chi connectivity index (χ3v) is 4.35. The molecule has 0 bridgehead atoms. The van der Waals surface area contributed by atoms with Crippen molar-refractivity contribution in [1.82, 2.24) is 19.9 Å². The van der Waals surface area contributed by atoms with Gasteiger partial charge in [-0.2, -0.15) is 0 Å². The number of amides is 1. The van der Waals surface area contributed by atoms with Gasteiger partial charge in [-0.25, -0.2) is 9.07 Å². The Kier molecular flexibility index (Phi) is 5.15. The standard InChI is InChI=1S/C15H12ClFN6OS/c16-11-6-10(3-4-12(11)17)20-13(24)8-25-15-22-21-14(23(15)18)9-2-1-5-19-7-9/h1-7H,8,18H2,(H,20,24). The largest absolute Gasteiger partial charge is 0.335 e. The maximum absolute atomic E-state index is 13.1. The second-order valence-electron chi connectivity index (χ2n) is 4.88. The summed E-state index contributed by atoms with van der Waals surface area (Å²) in [7, 11) is 0. The highest BCUT2D eigenvalue weighted by molar-refractivity contribution is 7.99. The number of halogens is 2. The number of nitrogen functional groups attached to an aromatic ring is 1. The van der Waals surface area contributed by atoms with Crippen LogP contribution in [0.4, 0.5) is 10.1 Å². The van der Waals surface area contributed by atoms with Gasteiger partial charge in [-0.05, 0) is 30.3 Å². The molecule has 1 aromatic carbocycles. The Bertz CT molecular complexity index is 904. The van der Waals surface area contributed by atoms with Crippen LogP contribution in [0.25, 0.3) is 11.4 Å². The SMILES string of the molecule is Nn1c(SCC(=O)Nc2ccc(F)c(Cl)c2)nnc1-c1cccnc1. The molecule has 0 saturated carbocycles. The van der Waals surface area contributed by atoms with Crippen LogP contribution in [-0.2, 0) is 4.79 Å². The number of carbonyl (C=O) groups is 1. The quantitative estimate of drug-likeness (QED) is 0.523. The fraction of sp³-hybridized carbons (Fsp3) is 0.0667. The Morgan fingerprint density at radius 1 is 1.36 bits per heavy atom. The smallest absolute Gasteiger partial charge is 0.234 e.